The van der Waals surface area contributed by atoms with Crippen molar-refractivity contribution in [2.75, 3.05) is 53.2 Å². The van der Waals surface area contributed by atoms with Crippen molar-refractivity contribution < 1.29 is 14.2 Å². The molecular weight excluding hydrogens is 445 g/mol. The predicted molar refractivity (Wildman–Crippen MR) is 118 cm³/mol. The Hall–Kier alpha value is -1.06. The summed E-state index contributed by atoms with van der Waals surface area (Å²) in [6.07, 6.45) is 2.27. The molecule has 0 aliphatic carbocycles. The van der Waals surface area contributed by atoms with E-state index in [9.17, 15) is 0 Å². The lowest BCUT2D eigenvalue weighted by molar-refractivity contribution is 0.0487. The van der Waals surface area contributed by atoms with Crippen LogP contribution in [0.2, 0.25) is 0 Å². The number of ether oxygens (including phenoxy) is 3. The molecule has 1 rings (SSSR count). The Morgan fingerprint density at radius 2 is 1.69 bits per heavy atom. The van der Waals surface area contributed by atoms with Crippen LogP contribution in [-0.2, 0) is 9.47 Å². The highest BCUT2D eigenvalue weighted by Crippen LogP contribution is 2.11. The molecule has 0 amide bonds. The first-order chi connectivity index (χ1) is 12.3. The van der Waals surface area contributed by atoms with E-state index in [4.69, 9.17) is 14.2 Å². The van der Waals surface area contributed by atoms with Crippen molar-refractivity contribution in [2.45, 2.75) is 26.7 Å². The minimum Gasteiger partial charge on any atom is -0.492 e. The Morgan fingerprint density at radius 3 is 2.35 bits per heavy atom. The van der Waals surface area contributed by atoms with Crippen LogP contribution in [0.1, 0.15) is 25.3 Å². The van der Waals surface area contributed by atoms with Crippen molar-refractivity contribution in [1.29, 1.82) is 0 Å². The van der Waals surface area contributed by atoms with Crippen molar-refractivity contribution in [3.05, 3.63) is 29.8 Å². The van der Waals surface area contributed by atoms with Gasteiger partial charge in [0.15, 0.2) is 5.96 Å². The molecule has 2 N–H and O–H groups in total. The number of halogens is 1. The van der Waals surface area contributed by atoms with E-state index >= 15 is 0 Å². The van der Waals surface area contributed by atoms with Crippen molar-refractivity contribution in [3.63, 3.8) is 0 Å². The number of aliphatic imine (C=N–C) groups is 1. The molecular formula is C19H34IN3O3. The average Bonchev–Trinajstić information content (AvgIpc) is 2.62. The number of unbranched alkanes of at least 4 members (excludes halogenated alkanes) is 1. The van der Waals surface area contributed by atoms with Crippen LogP contribution in [0.5, 0.6) is 5.75 Å². The number of benzene rings is 1. The number of nitrogens with zero attached hydrogens (tertiary/aromatic N) is 1. The number of rotatable bonds is 13. The molecule has 0 fully saturated rings. The second kappa shape index (κ2) is 17.4. The monoisotopic (exact) mass is 479 g/mol. The SMILES string of the molecule is CCCCOCCOCCNC(=NC)NCCOc1cccc(C)c1.I. The maximum atomic E-state index is 5.70. The quantitative estimate of drug-likeness (QED) is 0.197. The van der Waals surface area contributed by atoms with E-state index in [1.807, 2.05) is 18.2 Å². The molecule has 0 atom stereocenters. The molecule has 0 unspecified atom stereocenters. The third-order valence-electron chi connectivity index (χ3n) is 3.43. The van der Waals surface area contributed by atoms with Gasteiger partial charge in [0.25, 0.3) is 0 Å². The van der Waals surface area contributed by atoms with Gasteiger partial charge in [0, 0.05) is 20.2 Å². The Balaban J connectivity index is 0.00000625. The lowest BCUT2D eigenvalue weighted by atomic mass is 10.2. The Morgan fingerprint density at radius 1 is 1.00 bits per heavy atom. The highest BCUT2D eigenvalue weighted by molar-refractivity contribution is 14.0. The van der Waals surface area contributed by atoms with Gasteiger partial charge in [-0.1, -0.05) is 25.5 Å². The van der Waals surface area contributed by atoms with Crippen LogP contribution in [0.25, 0.3) is 0 Å². The van der Waals surface area contributed by atoms with Crippen molar-refractivity contribution in [3.8, 4) is 5.75 Å². The summed E-state index contributed by atoms with van der Waals surface area (Å²) in [4.78, 5) is 4.17. The van der Waals surface area contributed by atoms with Gasteiger partial charge in [0.2, 0.25) is 0 Å². The third kappa shape index (κ3) is 13.2. The van der Waals surface area contributed by atoms with E-state index in [0.29, 0.717) is 39.5 Å². The van der Waals surface area contributed by atoms with Crippen LogP contribution in [-0.4, -0.2) is 59.1 Å². The summed E-state index contributed by atoms with van der Waals surface area (Å²) in [5.74, 6) is 1.63. The molecule has 0 aromatic heterocycles. The van der Waals surface area contributed by atoms with Crippen LogP contribution in [0, 0.1) is 6.92 Å². The van der Waals surface area contributed by atoms with E-state index < -0.39 is 0 Å². The number of guanidine groups is 1. The van der Waals surface area contributed by atoms with Gasteiger partial charge < -0.3 is 24.8 Å². The minimum absolute atomic E-state index is 0. The first-order valence-corrected chi connectivity index (χ1v) is 9.05. The molecule has 0 heterocycles. The van der Waals surface area contributed by atoms with E-state index in [0.717, 1.165) is 31.2 Å². The smallest absolute Gasteiger partial charge is 0.191 e. The molecule has 0 saturated heterocycles. The van der Waals surface area contributed by atoms with E-state index in [2.05, 4.69) is 35.5 Å². The highest BCUT2D eigenvalue weighted by Gasteiger charge is 1.98. The lowest BCUT2D eigenvalue weighted by Crippen LogP contribution is -2.40. The molecule has 1 aromatic carbocycles. The summed E-state index contributed by atoms with van der Waals surface area (Å²) < 4.78 is 16.6. The topological polar surface area (TPSA) is 64.1 Å². The van der Waals surface area contributed by atoms with Crippen molar-refractivity contribution >= 4 is 29.9 Å². The second-order valence-electron chi connectivity index (χ2n) is 5.67. The van der Waals surface area contributed by atoms with Crippen molar-refractivity contribution in [1.82, 2.24) is 10.6 Å². The number of hydrogen-bond donors (Lipinski definition) is 2. The molecule has 7 heteroatoms. The van der Waals surface area contributed by atoms with Crippen LogP contribution in [0.4, 0.5) is 0 Å². The molecule has 0 radical (unpaired) electrons. The zero-order chi connectivity index (χ0) is 18.2. The van der Waals surface area contributed by atoms with Gasteiger partial charge in [-0.05, 0) is 31.0 Å². The van der Waals surface area contributed by atoms with Gasteiger partial charge in [0.05, 0.1) is 26.4 Å². The Kier molecular flexibility index (Phi) is 16.7. The summed E-state index contributed by atoms with van der Waals surface area (Å²) >= 11 is 0. The summed E-state index contributed by atoms with van der Waals surface area (Å²) in [5.41, 5.74) is 1.19. The predicted octanol–water partition coefficient (Wildman–Crippen LogP) is 2.99. The maximum absolute atomic E-state index is 5.70. The summed E-state index contributed by atoms with van der Waals surface area (Å²) in [6, 6.07) is 8.03. The zero-order valence-electron chi connectivity index (χ0n) is 16.3. The zero-order valence-corrected chi connectivity index (χ0v) is 18.6. The van der Waals surface area contributed by atoms with E-state index in [-0.39, 0.29) is 24.0 Å². The summed E-state index contributed by atoms with van der Waals surface area (Å²) in [5, 5.41) is 6.42. The molecule has 150 valence electrons. The van der Waals surface area contributed by atoms with Crippen LogP contribution >= 0.6 is 24.0 Å². The van der Waals surface area contributed by atoms with Crippen molar-refractivity contribution in [2.24, 2.45) is 4.99 Å². The Bertz CT molecular complexity index is 487. The lowest BCUT2D eigenvalue weighted by Gasteiger charge is -2.13. The van der Waals surface area contributed by atoms with Gasteiger partial charge in [-0.25, -0.2) is 0 Å². The largest absolute Gasteiger partial charge is 0.492 e. The second-order valence-corrected chi connectivity index (χ2v) is 5.67. The fourth-order valence-electron chi connectivity index (χ4n) is 2.07. The van der Waals surface area contributed by atoms with Gasteiger partial charge in [0.1, 0.15) is 12.4 Å². The number of nitrogens with one attached hydrogen (secondary N) is 2. The molecule has 26 heavy (non-hydrogen) atoms. The minimum atomic E-state index is 0. The third-order valence-corrected chi connectivity index (χ3v) is 3.43. The number of hydrogen-bond acceptors (Lipinski definition) is 4. The normalized spacial score (nSPS) is 11.0. The first-order valence-electron chi connectivity index (χ1n) is 9.05. The molecule has 1 aromatic rings. The maximum Gasteiger partial charge on any atom is 0.191 e. The molecule has 0 bridgehead atoms. The fraction of sp³-hybridized carbons (Fsp3) is 0.632. The van der Waals surface area contributed by atoms with Gasteiger partial charge in [-0.15, -0.1) is 24.0 Å². The molecule has 0 saturated carbocycles. The molecule has 0 aliphatic heterocycles. The van der Waals surface area contributed by atoms with Crippen LogP contribution in [0.15, 0.2) is 29.3 Å². The van der Waals surface area contributed by atoms with Crippen LogP contribution in [0.3, 0.4) is 0 Å². The van der Waals surface area contributed by atoms with Gasteiger partial charge in [-0.2, -0.15) is 0 Å². The first kappa shape index (κ1) is 24.9. The van der Waals surface area contributed by atoms with Crippen LogP contribution < -0.4 is 15.4 Å². The molecule has 6 nitrogen and oxygen atoms in total. The molecule has 0 spiro atoms. The van der Waals surface area contributed by atoms with E-state index in [1.165, 1.54) is 5.56 Å². The highest BCUT2D eigenvalue weighted by atomic mass is 127. The summed E-state index contributed by atoms with van der Waals surface area (Å²) in [6.45, 7) is 8.89. The summed E-state index contributed by atoms with van der Waals surface area (Å²) in [7, 11) is 1.75. The standard InChI is InChI=1S/C19H33N3O3.HI/c1-4-5-11-23-14-15-24-12-9-21-19(20-3)22-10-13-25-18-8-6-7-17(2)16-18;/h6-8,16H,4-5,9-15H2,1-3H3,(H2,20,21,22);1H. The van der Waals surface area contributed by atoms with Gasteiger partial charge >= 0.3 is 0 Å². The molecule has 0 aliphatic rings. The Labute approximate surface area is 175 Å². The average molecular weight is 479 g/mol. The fourth-order valence-corrected chi connectivity index (χ4v) is 2.07. The van der Waals surface area contributed by atoms with Gasteiger partial charge in [-0.3, -0.25) is 4.99 Å². The number of aryl methyl sites for hydroxylation is 1. The van der Waals surface area contributed by atoms with E-state index in [1.54, 1.807) is 7.05 Å².